The van der Waals surface area contributed by atoms with Crippen molar-refractivity contribution >= 4 is 22.9 Å². The summed E-state index contributed by atoms with van der Waals surface area (Å²) >= 11 is 0. The van der Waals surface area contributed by atoms with Crippen molar-refractivity contribution in [3.8, 4) is 0 Å². The fourth-order valence-electron chi connectivity index (χ4n) is 2.93. The lowest BCUT2D eigenvalue weighted by atomic mass is 9.96. The molecule has 2 amide bonds. The summed E-state index contributed by atoms with van der Waals surface area (Å²) in [5, 5.41) is 4.80. The second kappa shape index (κ2) is 5.98. The molecule has 0 spiro atoms. The standard InChI is InChI=1S/C16H20N4O3/c1-9(2)13-12-7-11(8-18-15(12)23-19-13)16(22)20-5-3-10(4-6-20)14(17)21/h7-10H,3-6H2,1-2H3,(H2,17,21). The van der Waals surface area contributed by atoms with Crippen molar-refractivity contribution in [2.24, 2.45) is 11.7 Å². The van der Waals surface area contributed by atoms with Crippen LogP contribution in [0, 0.1) is 5.92 Å². The van der Waals surface area contributed by atoms with Crippen molar-refractivity contribution in [1.82, 2.24) is 15.0 Å². The van der Waals surface area contributed by atoms with Crippen LogP contribution in [-0.2, 0) is 4.79 Å². The van der Waals surface area contributed by atoms with Crippen molar-refractivity contribution in [2.45, 2.75) is 32.6 Å². The number of hydrogen-bond donors (Lipinski definition) is 1. The topological polar surface area (TPSA) is 102 Å². The van der Waals surface area contributed by atoms with E-state index >= 15 is 0 Å². The number of aromatic nitrogens is 2. The normalized spacial score (nSPS) is 16.2. The number of pyridine rings is 1. The van der Waals surface area contributed by atoms with Gasteiger partial charge in [0.2, 0.25) is 5.91 Å². The zero-order valence-electron chi connectivity index (χ0n) is 13.3. The maximum atomic E-state index is 12.6. The Kier molecular flexibility index (Phi) is 4.02. The maximum Gasteiger partial charge on any atom is 0.257 e. The van der Waals surface area contributed by atoms with Gasteiger partial charge in [0.25, 0.3) is 11.6 Å². The molecule has 7 nitrogen and oxygen atoms in total. The lowest BCUT2D eigenvalue weighted by Crippen LogP contribution is -2.41. The van der Waals surface area contributed by atoms with Crippen molar-refractivity contribution in [3.05, 3.63) is 23.5 Å². The molecule has 0 aromatic carbocycles. The SMILES string of the molecule is CC(C)c1noc2ncc(C(=O)N3CCC(C(N)=O)CC3)cc12. The highest BCUT2D eigenvalue weighted by atomic mass is 16.5. The fourth-order valence-corrected chi connectivity index (χ4v) is 2.93. The number of primary amides is 1. The second-order valence-electron chi connectivity index (χ2n) is 6.27. The molecule has 1 saturated heterocycles. The first-order valence-electron chi connectivity index (χ1n) is 7.81. The molecule has 0 aliphatic carbocycles. The van der Waals surface area contributed by atoms with Gasteiger partial charge in [0, 0.05) is 25.2 Å². The van der Waals surface area contributed by atoms with E-state index in [2.05, 4.69) is 10.1 Å². The molecule has 1 aliphatic heterocycles. The number of rotatable bonds is 3. The zero-order valence-corrected chi connectivity index (χ0v) is 13.3. The first kappa shape index (κ1) is 15.5. The number of piperidine rings is 1. The maximum absolute atomic E-state index is 12.6. The number of nitrogens with two attached hydrogens (primary N) is 1. The van der Waals surface area contributed by atoms with E-state index in [1.165, 1.54) is 6.20 Å². The average molecular weight is 316 g/mol. The number of likely N-dealkylation sites (tertiary alicyclic amines) is 1. The summed E-state index contributed by atoms with van der Waals surface area (Å²) in [6.45, 7) is 5.09. The highest BCUT2D eigenvalue weighted by Gasteiger charge is 2.27. The zero-order chi connectivity index (χ0) is 16.6. The Bertz CT molecular complexity index is 745. The molecule has 23 heavy (non-hydrogen) atoms. The number of carbonyl (C=O) groups excluding carboxylic acids is 2. The van der Waals surface area contributed by atoms with Gasteiger partial charge in [0.05, 0.1) is 16.6 Å². The number of fused-ring (bicyclic) bond motifs is 1. The van der Waals surface area contributed by atoms with Crippen LogP contribution < -0.4 is 5.73 Å². The van der Waals surface area contributed by atoms with Crippen LogP contribution in [0.2, 0.25) is 0 Å². The molecule has 1 aliphatic rings. The molecule has 0 atom stereocenters. The predicted octanol–water partition coefficient (Wildman–Crippen LogP) is 1.68. The molecule has 2 aromatic heterocycles. The number of hydrogen-bond acceptors (Lipinski definition) is 5. The van der Waals surface area contributed by atoms with Gasteiger partial charge in [-0.15, -0.1) is 0 Å². The molecule has 122 valence electrons. The Morgan fingerprint density at radius 3 is 2.65 bits per heavy atom. The number of carbonyl (C=O) groups is 2. The molecule has 1 fully saturated rings. The van der Waals surface area contributed by atoms with Crippen LogP contribution in [0.15, 0.2) is 16.8 Å². The third kappa shape index (κ3) is 2.91. The van der Waals surface area contributed by atoms with E-state index in [-0.39, 0.29) is 23.7 Å². The summed E-state index contributed by atoms with van der Waals surface area (Å²) < 4.78 is 5.19. The Hall–Kier alpha value is -2.44. The van der Waals surface area contributed by atoms with Crippen LogP contribution in [0.3, 0.4) is 0 Å². The Morgan fingerprint density at radius 2 is 2.04 bits per heavy atom. The van der Waals surface area contributed by atoms with Crippen molar-refractivity contribution in [1.29, 1.82) is 0 Å². The molecule has 0 bridgehead atoms. The lowest BCUT2D eigenvalue weighted by molar-refractivity contribution is -0.123. The fraction of sp³-hybridized carbons (Fsp3) is 0.500. The first-order chi connectivity index (χ1) is 11.0. The van der Waals surface area contributed by atoms with Crippen molar-refractivity contribution in [3.63, 3.8) is 0 Å². The number of nitrogens with zero attached hydrogens (tertiary/aromatic N) is 3. The minimum atomic E-state index is -0.286. The molecule has 7 heteroatoms. The summed E-state index contributed by atoms with van der Waals surface area (Å²) in [6, 6.07) is 1.79. The Morgan fingerprint density at radius 1 is 1.35 bits per heavy atom. The predicted molar refractivity (Wildman–Crippen MR) is 83.7 cm³/mol. The summed E-state index contributed by atoms with van der Waals surface area (Å²) in [5.41, 5.74) is 7.08. The third-order valence-corrected chi connectivity index (χ3v) is 4.34. The van der Waals surface area contributed by atoms with E-state index in [1.54, 1.807) is 11.0 Å². The van der Waals surface area contributed by atoms with Gasteiger partial charge in [0.1, 0.15) is 0 Å². The Balaban J connectivity index is 1.81. The monoisotopic (exact) mass is 316 g/mol. The smallest absolute Gasteiger partial charge is 0.257 e. The molecule has 0 saturated carbocycles. The van der Waals surface area contributed by atoms with E-state index in [1.807, 2.05) is 13.8 Å². The van der Waals surface area contributed by atoms with Gasteiger partial charge in [-0.25, -0.2) is 4.98 Å². The third-order valence-electron chi connectivity index (χ3n) is 4.34. The van der Waals surface area contributed by atoms with Gasteiger partial charge < -0.3 is 15.2 Å². The highest BCUT2D eigenvalue weighted by Crippen LogP contribution is 2.25. The quantitative estimate of drug-likeness (QED) is 0.928. The van der Waals surface area contributed by atoms with E-state index in [0.29, 0.717) is 37.2 Å². The van der Waals surface area contributed by atoms with Gasteiger partial charge in [-0.2, -0.15) is 0 Å². The largest absolute Gasteiger partial charge is 0.369 e. The first-order valence-corrected chi connectivity index (χ1v) is 7.81. The minimum absolute atomic E-state index is 0.0850. The summed E-state index contributed by atoms with van der Waals surface area (Å²) in [4.78, 5) is 29.8. The van der Waals surface area contributed by atoms with E-state index < -0.39 is 0 Å². The van der Waals surface area contributed by atoms with Crippen molar-refractivity contribution in [2.75, 3.05) is 13.1 Å². The molecule has 2 N–H and O–H groups in total. The van der Waals surface area contributed by atoms with Crippen LogP contribution in [0.1, 0.15) is 48.7 Å². The summed E-state index contributed by atoms with van der Waals surface area (Å²) in [6.07, 6.45) is 2.74. The second-order valence-corrected chi connectivity index (χ2v) is 6.27. The van der Waals surface area contributed by atoms with Crippen LogP contribution in [0.4, 0.5) is 0 Å². The van der Waals surface area contributed by atoms with Gasteiger partial charge in [-0.3, -0.25) is 9.59 Å². The van der Waals surface area contributed by atoms with E-state index in [9.17, 15) is 9.59 Å². The summed E-state index contributed by atoms with van der Waals surface area (Å²) in [5.74, 6) is -0.315. The van der Waals surface area contributed by atoms with Gasteiger partial charge >= 0.3 is 0 Å². The van der Waals surface area contributed by atoms with Crippen LogP contribution in [0.5, 0.6) is 0 Å². The Labute approximate surface area is 133 Å². The molecule has 3 heterocycles. The number of amides is 2. The molecule has 2 aromatic rings. The van der Waals surface area contributed by atoms with Gasteiger partial charge in [-0.1, -0.05) is 19.0 Å². The lowest BCUT2D eigenvalue weighted by Gasteiger charge is -2.30. The molecular formula is C16H20N4O3. The highest BCUT2D eigenvalue weighted by molar-refractivity contribution is 5.97. The van der Waals surface area contributed by atoms with Crippen LogP contribution in [-0.4, -0.2) is 39.9 Å². The average Bonchev–Trinajstić information content (AvgIpc) is 2.97. The van der Waals surface area contributed by atoms with Crippen LogP contribution >= 0.6 is 0 Å². The summed E-state index contributed by atoms with van der Waals surface area (Å²) in [7, 11) is 0. The van der Waals surface area contributed by atoms with Crippen molar-refractivity contribution < 1.29 is 14.1 Å². The molecule has 3 rings (SSSR count). The minimum Gasteiger partial charge on any atom is -0.369 e. The van der Waals surface area contributed by atoms with Gasteiger partial charge in [-0.05, 0) is 24.8 Å². The molecular weight excluding hydrogens is 296 g/mol. The van der Waals surface area contributed by atoms with E-state index in [4.69, 9.17) is 10.3 Å². The van der Waals surface area contributed by atoms with Crippen LogP contribution in [0.25, 0.3) is 11.1 Å². The van der Waals surface area contributed by atoms with E-state index in [0.717, 1.165) is 11.1 Å². The molecule has 0 radical (unpaired) electrons. The molecule has 0 unspecified atom stereocenters. The van der Waals surface area contributed by atoms with Gasteiger partial charge in [0.15, 0.2) is 0 Å².